The first-order valence-electron chi connectivity index (χ1n) is 12.0. The van der Waals surface area contributed by atoms with Crippen molar-refractivity contribution < 1.29 is 19.1 Å². The minimum Gasteiger partial charge on any atom is -0.452 e. The molecule has 1 saturated heterocycles. The second-order valence-electron chi connectivity index (χ2n) is 8.88. The number of carbonyl (C=O) groups is 3. The van der Waals surface area contributed by atoms with E-state index in [1.165, 1.54) is 11.6 Å². The van der Waals surface area contributed by atoms with Crippen molar-refractivity contribution in [1.29, 1.82) is 0 Å². The van der Waals surface area contributed by atoms with Crippen LogP contribution in [0.15, 0.2) is 54.6 Å². The zero-order valence-electron chi connectivity index (χ0n) is 20.8. The number of ether oxygens (including phenoxy) is 1. The fourth-order valence-corrected chi connectivity index (χ4v) is 4.21. The maximum atomic E-state index is 12.4. The predicted octanol–water partition coefficient (Wildman–Crippen LogP) is 4.18. The van der Waals surface area contributed by atoms with Gasteiger partial charge in [-0.25, -0.2) is 4.79 Å². The molecule has 0 unspecified atom stereocenters. The third-order valence-corrected chi connectivity index (χ3v) is 6.16. The normalized spacial score (nSPS) is 13.4. The molecule has 1 aliphatic rings. The van der Waals surface area contributed by atoms with E-state index in [2.05, 4.69) is 34.7 Å². The van der Waals surface area contributed by atoms with Crippen LogP contribution in [-0.2, 0) is 25.7 Å². The lowest BCUT2D eigenvalue weighted by atomic mass is 10.1. The van der Waals surface area contributed by atoms with Crippen molar-refractivity contribution in [2.75, 3.05) is 23.4 Å². The molecule has 2 amide bonds. The quantitative estimate of drug-likeness (QED) is 0.381. The Balaban J connectivity index is 1.33. The van der Waals surface area contributed by atoms with Crippen LogP contribution in [0.1, 0.15) is 40.9 Å². The van der Waals surface area contributed by atoms with Gasteiger partial charge in [0.2, 0.25) is 5.91 Å². The number of carbonyl (C=O) groups excluding carboxylic acids is 3. The van der Waals surface area contributed by atoms with E-state index in [4.69, 9.17) is 4.74 Å². The Labute approximate surface area is 210 Å². The van der Waals surface area contributed by atoms with E-state index in [9.17, 15) is 14.4 Å². The number of nitrogens with zero attached hydrogens (tertiary/aromatic N) is 3. The highest BCUT2D eigenvalue weighted by atomic mass is 16.5. The Morgan fingerprint density at radius 1 is 1.08 bits per heavy atom. The Bertz CT molecular complexity index is 1310. The van der Waals surface area contributed by atoms with E-state index < -0.39 is 18.5 Å². The third-order valence-electron chi connectivity index (χ3n) is 6.16. The summed E-state index contributed by atoms with van der Waals surface area (Å²) in [4.78, 5) is 38.5. The molecule has 2 aromatic carbocycles. The summed E-state index contributed by atoms with van der Waals surface area (Å²) in [6, 6.07) is 15.4. The molecule has 2 heterocycles. The smallest absolute Gasteiger partial charge is 0.331 e. The molecule has 0 atom stereocenters. The van der Waals surface area contributed by atoms with Gasteiger partial charge in [0.1, 0.15) is 0 Å². The van der Waals surface area contributed by atoms with Crippen molar-refractivity contribution in [1.82, 2.24) is 9.78 Å². The summed E-state index contributed by atoms with van der Waals surface area (Å²) in [5.74, 6) is -1.08. The second kappa shape index (κ2) is 11.0. The van der Waals surface area contributed by atoms with Crippen molar-refractivity contribution in [3.05, 3.63) is 82.7 Å². The monoisotopic (exact) mass is 486 g/mol. The van der Waals surface area contributed by atoms with Crippen LogP contribution in [0.2, 0.25) is 0 Å². The van der Waals surface area contributed by atoms with Crippen molar-refractivity contribution in [2.45, 2.75) is 40.2 Å². The molecule has 1 aliphatic heterocycles. The van der Waals surface area contributed by atoms with Gasteiger partial charge in [0, 0.05) is 30.3 Å². The molecular formula is C28H30N4O4. The minimum absolute atomic E-state index is 0.0287. The second-order valence-corrected chi connectivity index (χ2v) is 8.88. The molecule has 0 spiro atoms. The van der Waals surface area contributed by atoms with E-state index in [-0.39, 0.29) is 5.91 Å². The molecule has 0 radical (unpaired) electrons. The molecule has 8 nitrogen and oxygen atoms in total. The number of aromatic nitrogens is 2. The number of aryl methyl sites for hydroxylation is 2. The molecule has 0 saturated carbocycles. The van der Waals surface area contributed by atoms with Gasteiger partial charge in [-0.05, 0) is 51.0 Å². The van der Waals surface area contributed by atoms with E-state index in [0.717, 1.165) is 28.9 Å². The molecule has 186 valence electrons. The Morgan fingerprint density at radius 2 is 1.83 bits per heavy atom. The number of para-hydroxylation sites is 2. The predicted molar refractivity (Wildman–Crippen MR) is 139 cm³/mol. The maximum Gasteiger partial charge on any atom is 0.331 e. The number of esters is 1. The lowest BCUT2D eigenvalue weighted by molar-refractivity contribution is -0.142. The van der Waals surface area contributed by atoms with Crippen molar-refractivity contribution in [2.24, 2.45) is 0 Å². The number of benzene rings is 2. The first-order chi connectivity index (χ1) is 17.3. The van der Waals surface area contributed by atoms with Gasteiger partial charge in [-0.2, -0.15) is 5.10 Å². The average molecular weight is 487 g/mol. The standard InChI is InChI=1S/C28H30N4O4/c1-19-10-12-22(13-11-19)17-32-21(3)23(20(2)30-32)14-15-28(35)36-18-26(33)29-24-7-4-5-8-25(24)31-16-6-9-27(31)34/h4-5,7-8,10-15H,6,9,16-18H2,1-3H3,(H,29,33)/b15-14+. The van der Waals surface area contributed by atoms with Crippen molar-refractivity contribution >= 4 is 35.2 Å². The van der Waals surface area contributed by atoms with Crippen LogP contribution in [-0.4, -0.2) is 40.7 Å². The van der Waals surface area contributed by atoms with Crippen molar-refractivity contribution in [3.8, 4) is 0 Å². The fraction of sp³-hybridized carbons (Fsp3) is 0.286. The highest BCUT2D eigenvalue weighted by molar-refractivity contribution is 6.02. The summed E-state index contributed by atoms with van der Waals surface area (Å²) in [6.45, 7) is 6.71. The topological polar surface area (TPSA) is 93.5 Å². The number of rotatable bonds is 8. The minimum atomic E-state index is -0.627. The van der Waals surface area contributed by atoms with Gasteiger partial charge in [-0.15, -0.1) is 0 Å². The summed E-state index contributed by atoms with van der Waals surface area (Å²) in [5, 5.41) is 7.33. The lowest BCUT2D eigenvalue weighted by Crippen LogP contribution is -2.26. The van der Waals surface area contributed by atoms with Gasteiger partial charge in [-0.1, -0.05) is 42.0 Å². The van der Waals surface area contributed by atoms with Crippen LogP contribution in [0.25, 0.3) is 6.08 Å². The van der Waals surface area contributed by atoms with E-state index in [1.54, 1.807) is 29.2 Å². The first-order valence-corrected chi connectivity index (χ1v) is 12.0. The highest BCUT2D eigenvalue weighted by Gasteiger charge is 2.24. The van der Waals surface area contributed by atoms with Crippen LogP contribution in [0.3, 0.4) is 0 Å². The Morgan fingerprint density at radius 3 is 2.56 bits per heavy atom. The van der Waals surface area contributed by atoms with Gasteiger partial charge in [-0.3, -0.25) is 14.3 Å². The lowest BCUT2D eigenvalue weighted by Gasteiger charge is -2.19. The Kier molecular flexibility index (Phi) is 7.63. The molecule has 8 heteroatoms. The van der Waals surface area contributed by atoms with E-state index >= 15 is 0 Å². The highest BCUT2D eigenvalue weighted by Crippen LogP contribution is 2.29. The van der Waals surface area contributed by atoms with Crippen LogP contribution in [0.5, 0.6) is 0 Å². The molecule has 1 N–H and O–H groups in total. The largest absolute Gasteiger partial charge is 0.452 e. The third kappa shape index (κ3) is 5.89. The number of hydrogen-bond acceptors (Lipinski definition) is 5. The summed E-state index contributed by atoms with van der Waals surface area (Å²) in [6.07, 6.45) is 4.25. The van der Waals surface area contributed by atoms with E-state index in [1.807, 2.05) is 31.5 Å². The molecule has 0 aliphatic carbocycles. The van der Waals surface area contributed by atoms with Crippen molar-refractivity contribution in [3.63, 3.8) is 0 Å². The molecule has 1 aromatic heterocycles. The van der Waals surface area contributed by atoms with Gasteiger partial charge in [0.15, 0.2) is 6.61 Å². The number of anilines is 2. The van der Waals surface area contributed by atoms with Gasteiger partial charge < -0.3 is 15.0 Å². The molecular weight excluding hydrogens is 456 g/mol. The van der Waals surface area contributed by atoms with Gasteiger partial charge in [0.25, 0.3) is 5.91 Å². The Hall–Kier alpha value is -4.20. The maximum absolute atomic E-state index is 12.4. The SMILES string of the molecule is Cc1ccc(Cn2nc(C)c(/C=C/C(=O)OCC(=O)Nc3ccccc3N3CCCC3=O)c2C)cc1. The zero-order chi connectivity index (χ0) is 25.7. The summed E-state index contributed by atoms with van der Waals surface area (Å²) in [5.41, 5.74) is 6.08. The van der Waals surface area contributed by atoms with E-state index in [0.29, 0.717) is 30.9 Å². The number of hydrogen-bond donors (Lipinski definition) is 1. The molecule has 4 rings (SSSR count). The molecule has 36 heavy (non-hydrogen) atoms. The summed E-state index contributed by atoms with van der Waals surface area (Å²) >= 11 is 0. The first kappa shape index (κ1) is 24.9. The molecule has 1 fully saturated rings. The summed E-state index contributed by atoms with van der Waals surface area (Å²) in [7, 11) is 0. The number of amides is 2. The zero-order valence-corrected chi connectivity index (χ0v) is 20.8. The van der Waals surface area contributed by atoms with Crippen LogP contribution < -0.4 is 10.2 Å². The summed E-state index contributed by atoms with van der Waals surface area (Å²) < 4.78 is 7.04. The molecule has 3 aromatic rings. The van der Waals surface area contributed by atoms with Gasteiger partial charge in [0.05, 0.1) is 23.6 Å². The van der Waals surface area contributed by atoms with Crippen LogP contribution in [0.4, 0.5) is 11.4 Å². The fourth-order valence-electron chi connectivity index (χ4n) is 4.21. The average Bonchev–Trinajstić information content (AvgIpc) is 3.40. The number of nitrogens with one attached hydrogen (secondary N) is 1. The molecule has 0 bridgehead atoms. The van der Waals surface area contributed by atoms with Crippen LogP contribution in [0, 0.1) is 20.8 Å². The van der Waals surface area contributed by atoms with Gasteiger partial charge >= 0.3 is 5.97 Å². The van der Waals surface area contributed by atoms with Crippen LogP contribution >= 0.6 is 0 Å².